The first-order valence-electron chi connectivity index (χ1n) is 6.37. The lowest BCUT2D eigenvalue weighted by Crippen LogP contribution is -2.28. The molecule has 1 heterocycles. The Balaban J connectivity index is 1.80. The molecule has 0 aromatic heterocycles. The van der Waals surface area contributed by atoms with Crippen molar-refractivity contribution in [3.63, 3.8) is 0 Å². The lowest BCUT2D eigenvalue weighted by molar-refractivity contribution is 0.277. The first-order valence-corrected chi connectivity index (χ1v) is 6.89. The summed E-state index contributed by atoms with van der Waals surface area (Å²) in [5, 5.41) is 3.84. The molecule has 17 heavy (non-hydrogen) atoms. The summed E-state index contributed by atoms with van der Waals surface area (Å²) in [7, 11) is 0. The van der Waals surface area contributed by atoms with E-state index in [1.54, 1.807) is 0 Å². The predicted octanol–water partition coefficient (Wildman–Crippen LogP) is 2.68. The lowest BCUT2D eigenvalue weighted by Gasteiger charge is -2.12. The second-order valence-electron chi connectivity index (χ2n) is 4.80. The van der Waals surface area contributed by atoms with Gasteiger partial charge in [0.15, 0.2) is 0 Å². The van der Waals surface area contributed by atoms with Gasteiger partial charge in [0.1, 0.15) is 12.4 Å². The number of hydrogen-bond donors (Lipinski definition) is 2. The first-order chi connectivity index (χ1) is 8.24. The largest absolute Gasteiger partial charge is 0.492 e. The summed E-state index contributed by atoms with van der Waals surface area (Å²) in [6, 6.07) is 8.90. The van der Waals surface area contributed by atoms with Crippen molar-refractivity contribution >= 4 is 12.6 Å². The highest BCUT2D eigenvalue weighted by atomic mass is 32.1. The van der Waals surface area contributed by atoms with Crippen molar-refractivity contribution in [3.05, 3.63) is 29.8 Å². The molecule has 3 heteroatoms. The molecule has 2 atom stereocenters. The van der Waals surface area contributed by atoms with Gasteiger partial charge >= 0.3 is 0 Å². The summed E-state index contributed by atoms with van der Waals surface area (Å²) in [5.41, 5.74) is 1.32. The van der Waals surface area contributed by atoms with Crippen LogP contribution < -0.4 is 10.1 Å². The average molecular weight is 251 g/mol. The quantitative estimate of drug-likeness (QED) is 0.785. The third kappa shape index (κ3) is 4.25. The molecule has 0 bridgehead atoms. The third-order valence-corrected chi connectivity index (χ3v) is 3.25. The molecule has 0 spiro atoms. The molecule has 0 radical (unpaired) electrons. The van der Waals surface area contributed by atoms with Gasteiger partial charge in [0, 0.05) is 11.3 Å². The number of ether oxygens (including phenoxy) is 1. The number of rotatable bonds is 5. The topological polar surface area (TPSA) is 21.3 Å². The molecule has 1 aromatic rings. The van der Waals surface area contributed by atoms with E-state index >= 15 is 0 Å². The molecule has 1 aliphatic heterocycles. The van der Waals surface area contributed by atoms with Crippen molar-refractivity contribution in [1.29, 1.82) is 0 Å². The zero-order valence-corrected chi connectivity index (χ0v) is 11.2. The zero-order valence-electron chi connectivity index (χ0n) is 10.4. The van der Waals surface area contributed by atoms with E-state index in [1.165, 1.54) is 18.4 Å². The van der Waals surface area contributed by atoms with Crippen LogP contribution in [0.25, 0.3) is 0 Å². The van der Waals surface area contributed by atoms with Crippen LogP contribution in [0.4, 0.5) is 0 Å². The fourth-order valence-electron chi connectivity index (χ4n) is 2.16. The van der Waals surface area contributed by atoms with E-state index in [2.05, 4.69) is 49.1 Å². The molecular weight excluding hydrogens is 230 g/mol. The van der Waals surface area contributed by atoms with E-state index in [0.717, 1.165) is 25.3 Å². The van der Waals surface area contributed by atoms with Gasteiger partial charge in [-0.05, 0) is 43.5 Å². The van der Waals surface area contributed by atoms with Gasteiger partial charge in [-0.25, -0.2) is 0 Å². The first kappa shape index (κ1) is 12.8. The van der Waals surface area contributed by atoms with Crippen LogP contribution >= 0.6 is 12.6 Å². The molecule has 2 unspecified atom stereocenters. The Morgan fingerprint density at radius 2 is 2.18 bits per heavy atom. The Morgan fingerprint density at radius 1 is 1.41 bits per heavy atom. The van der Waals surface area contributed by atoms with Crippen molar-refractivity contribution in [3.8, 4) is 5.75 Å². The van der Waals surface area contributed by atoms with Crippen molar-refractivity contribution in [1.82, 2.24) is 5.32 Å². The molecule has 0 saturated carbocycles. The van der Waals surface area contributed by atoms with Crippen LogP contribution in [-0.4, -0.2) is 24.4 Å². The van der Waals surface area contributed by atoms with E-state index < -0.39 is 0 Å². The minimum Gasteiger partial charge on any atom is -0.492 e. The van der Waals surface area contributed by atoms with E-state index in [4.69, 9.17) is 4.74 Å². The van der Waals surface area contributed by atoms with Gasteiger partial charge in [-0.2, -0.15) is 12.6 Å². The van der Waals surface area contributed by atoms with Gasteiger partial charge in [0.25, 0.3) is 0 Å². The summed E-state index contributed by atoms with van der Waals surface area (Å²) >= 11 is 4.40. The molecule has 0 aliphatic carbocycles. The van der Waals surface area contributed by atoms with E-state index in [9.17, 15) is 0 Å². The number of hydrogen-bond acceptors (Lipinski definition) is 3. The molecule has 2 rings (SSSR count). The molecule has 2 nitrogen and oxygen atoms in total. The maximum atomic E-state index is 5.77. The van der Waals surface area contributed by atoms with Crippen LogP contribution in [0.2, 0.25) is 0 Å². The van der Waals surface area contributed by atoms with Gasteiger partial charge in [-0.1, -0.05) is 19.1 Å². The Kier molecular flexibility index (Phi) is 4.75. The van der Waals surface area contributed by atoms with Gasteiger partial charge in [-0.15, -0.1) is 0 Å². The predicted molar refractivity (Wildman–Crippen MR) is 75.1 cm³/mol. The van der Waals surface area contributed by atoms with Gasteiger partial charge < -0.3 is 10.1 Å². The Labute approximate surface area is 109 Å². The molecular formula is C14H21NOS. The second-order valence-corrected chi connectivity index (χ2v) is 5.68. The maximum Gasteiger partial charge on any atom is 0.119 e. The summed E-state index contributed by atoms with van der Waals surface area (Å²) in [5.74, 6) is 0.967. The fourth-order valence-corrected chi connectivity index (χ4v) is 2.37. The third-order valence-electron chi connectivity index (χ3n) is 3.07. The Morgan fingerprint density at radius 3 is 2.76 bits per heavy atom. The van der Waals surface area contributed by atoms with Crippen LogP contribution in [0.15, 0.2) is 24.3 Å². The Hall–Kier alpha value is -0.670. The van der Waals surface area contributed by atoms with Gasteiger partial charge in [0.2, 0.25) is 0 Å². The summed E-state index contributed by atoms with van der Waals surface area (Å²) in [6.45, 7) is 4.02. The van der Waals surface area contributed by atoms with Crippen LogP contribution in [-0.2, 0) is 6.42 Å². The standard InChI is InChI=1S/C14H21NOS/c1-11(17)9-12-4-6-14(7-5-12)16-10-13-3-2-8-15-13/h4-7,11,13,15,17H,2-3,8-10H2,1H3. The lowest BCUT2D eigenvalue weighted by atomic mass is 10.1. The highest BCUT2D eigenvalue weighted by Gasteiger charge is 2.14. The summed E-state index contributed by atoms with van der Waals surface area (Å²) in [6.07, 6.45) is 3.51. The van der Waals surface area contributed by atoms with Crippen LogP contribution in [0, 0.1) is 0 Å². The number of thiol groups is 1. The number of benzene rings is 1. The maximum absolute atomic E-state index is 5.77. The summed E-state index contributed by atoms with van der Waals surface area (Å²) in [4.78, 5) is 0. The van der Waals surface area contributed by atoms with Crippen molar-refractivity contribution in [2.24, 2.45) is 0 Å². The van der Waals surface area contributed by atoms with Gasteiger partial charge in [0.05, 0.1) is 0 Å². The van der Waals surface area contributed by atoms with E-state index in [0.29, 0.717) is 11.3 Å². The van der Waals surface area contributed by atoms with E-state index in [1.807, 2.05) is 0 Å². The molecule has 94 valence electrons. The highest BCUT2D eigenvalue weighted by molar-refractivity contribution is 7.80. The number of nitrogens with one attached hydrogen (secondary N) is 1. The van der Waals surface area contributed by atoms with Crippen molar-refractivity contribution in [2.45, 2.75) is 37.5 Å². The van der Waals surface area contributed by atoms with Gasteiger partial charge in [-0.3, -0.25) is 0 Å². The van der Waals surface area contributed by atoms with Crippen molar-refractivity contribution in [2.75, 3.05) is 13.2 Å². The molecule has 1 fully saturated rings. The van der Waals surface area contributed by atoms with Crippen molar-refractivity contribution < 1.29 is 4.74 Å². The highest BCUT2D eigenvalue weighted by Crippen LogP contribution is 2.16. The molecule has 1 saturated heterocycles. The molecule has 1 aromatic carbocycles. The Bertz CT molecular complexity index is 331. The van der Waals surface area contributed by atoms with Crippen LogP contribution in [0.3, 0.4) is 0 Å². The minimum atomic E-state index is 0.407. The van der Waals surface area contributed by atoms with Crippen LogP contribution in [0.5, 0.6) is 5.75 Å². The smallest absolute Gasteiger partial charge is 0.119 e. The fraction of sp³-hybridized carbons (Fsp3) is 0.571. The van der Waals surface area contributed by atoms with E-state index in [-0.39, 0.29) is 0 Å². The molecule has 1 N–H and O–H groups in total. The SMILES string of the molecule is CC(S)Cc1ccc(OCC2CCCN2)cc1. The zero-order chi connectivity index (χ0) is 12.1. The molecule has 0 amide bonds. The molecule has 1 aliphatic rings. The van der Waals surface area contributed by atoms with Crippen LogP contribution in [0.1, 0.15) is 25.3 Å². The normalized spacial score (nSPS) is 21.4. The summed E-state index contributed by atoms with van der Waals surface area (Å²) < 4.78 is 5.77. The second kappa shape index (κ2) is 6.31. The average Bonchev–Trinajstić information content (AvgIpc) is 2.80. The minimum absolute atomic E-state index is 0.407. The monoisotopic (exact) mass is 251 g/mol.